The van der Waals surface area contributed by atoms with Crippen LogP contribution in [0.25, 0.3) is 11.6 Å². The molecule has 3 aromatic heterocycles. The molecule has 0 radical (unpaired) electrons. The summed E-state index contributed by atoms with van der Waals surface area (Å²) in [6.07, 6.45) is 5.83. The van der Waals surface area contributed by atoms with Crippen molar-refractivity contribution in [1.29, 1.82) is 0 Å². The third-order valence-corrected chi connectivity index (χ3v) is 2.32. The second-order valence-corrected chi connectivity index (χ2v) is 3.69. The van der Waals surface area contributed by atoms with Crippen molar-refractivity contribution in [3.8, 4) is 11.6 Å². The summed E-state index contributed by atoms with van der Waals surface area (Å²) in [5.41, 5.74) is 1.03. The van der Waals surface area contributed by atoms with Crippen molar-refractivity contribution in [2.45, 2.75) is 6.42 Å². The van der Waals surface area contributed by atoms with Crippen LogP contribution in [-0.4, -0.2) is 19.9 Å². The van der Waals surface area contributed by atoms with Crippen LogP contribution in [-0.2, 0) is 13.5 Å². The minimum absolute atomic E-state index is 0.467. The Kier molecular flexibility index (Phi) is 2.25. The molecule has 0 fully saturated rings. The smallest absolute Gasteiger partial charge is 0.238 e. The van der Waals surface area contributed by atoms with Crippen molar-refractivity contribution in [2.75, 3.05) is 0 Å². The lowest BCUT2D eigenvalue weighted by molar-refractivity contribution is 0.384. The maximum Gasteiger partial charge on any atom is 0.238 e. The van der Waals surface area contributed by atoms with Gasteiger partial charge in [0.05, 0.1) is 18.9 Å². The van der Waals surface area contributed by atoms with Gasteiger partial charge in [-0.1, -0.05) is 5.16 Å². The van der Waals surface area contributed by atoms with Gasteiger partial charge < -0.3 is 8.94 Å². The lowest BCUT2D eigenvalue weighted by atomic mass is 10.2. The molecule has 0 atom stereocenters. The number of aromatic nitrogens is 4. The zero-order valence-corrected chi connectivity index (χ0v) is 9.20. The number of aryl methyl sites for hydroxylation is 1. The van der Waals surface area contributed by atoms with Crippen molar-refractivity contribution in [1.82, 2.24) is 19.9 Å². The second-order valence-electron chi connectivity index (χ2n) is 3.69. The Hall–Kier alpha value is -2.37. The fourth-order valence-corrected chi connectivity index (χ4v) is 1.57. The van der Waals surface area contributed by atoms with Gasteiger partial charge in [0.2, 0.25) is 11.7 Å². The molecule has 17 heavy (non-hydrogen) atoms. The van der Waals surface area contributed by atoms with Crippen LogP contribution in [0.3, 0.4) is 0 Å². The van der Waals surface area contributed by atoms with Crippen LogP contribution in [0.1, 0.15) is 11.5 Å². The molecule has 86 valence electrons. The van der Waals surface area contributed by atoms with Crippen molar-refractivity contribution < 1.29 is 8.94 Å². The highest BCUT2D eigenvalue weighted by atomic mass is 16.5. The highest BCUT2D eigenvalue weighted by Gasteiger charge is 2.11. The molecule has 0 aliphatic carbocycles. The van der Waals surface area contributed by atoms with E-state index in [1.165, 1.54) is 0 Å². The standard InChI is InChI=1S/C11H10N4O2/c1-15-7-8(6-12-15)5-10-13-11(14-17-10)9-3-2-4-16-9/h2-4,6-7H,5H2,1H3. The molecule has 0 aliphatic rings. The third kappa shape index (κ3) is 1.96. The Morgan fingerprint density at radius 3 is 3.06 bits per heavy atom. The van der Waals surface area contributed by atoms with Crippen molar-refractivity contribution in [2.24, 2.45) is 7.05 Å². The highest BCUT2D eigenvalue weighted by molar-refractivity contribution is 5.44. The SMILES string of the molecule is Cn1cc(Cc2nc(-c3ccco3)no2)cn1. The van der Waals surface area contributed by atoms with E-state index in [0.717, 1.165) is 5.56 Å². The molecule has 0 saturated heterocycles. The minimum Gasteiger partial charge on any atom is -0.461 e. The highest BCUT2D eigenvalue weighted by Crippen LogP contribution is 2.16. The second kappa shape index (κ2) is 3.89. The number of hydrogen-bond donors (Lipinski definition) is 0. The predicted molar refractivity (Wildman–Crippen MR) is 58.0 cm³/mol. The maximum atomic E-state index is 5.19. The van der Waals surface area contributed by atoms with Gasteiger partial charge in [0.1, 0.15) is 0 Å². The summed E-state index contributed by atoms with van der Waals surface area (Å²) in [6, 6.07) is 3.57. The summed E-state index contributed by atoms with van der Waals surface area (Å²) in [5, 5.41) is 7.93. The summed E-state index contributed by atoms with van der Waals surface area (Å²) in [7, 11) is 1.87. The van der Waals surface area contributed by atoms with Crippen LogP contribution in [0.2, 0.25) is 0 Å². The lowest BCUT2D eigenvalue weighted by Gasteiger charge is -1.87. The Bertz CT molecular complexity index is 609. The first kappa shape index (κ1) is 9.83. The van der Waals surface area contributed by atoms with E-state index >= 15 is 0 Å². The van der Waals surface area contributed by atoms with E-state index in [0.29, 0.717) is 23.9 Å². The molecule has 0 aromatic carbocycles. The fraction of sp³-hybridized carbons (Fsp3) is 0.182. The molecule has 3 heterocycles. The normalized spacial score (nSPS) is 10.9. The summed E-state index contributed by atoms with van der Waals surface area (Å²) < 4.78 is 12.1. The van der Waals surface area contributed by atoms with E-state index in [2.05, 4.69) is 15.2 Å². The van der Waals surface area contributed by atoms with E-state index in [1.54, 1.807) is 29.3 Å². The molecule has 0 spiro atoms. The van der Waals surface area contributed by atoms with Gasteiger partial charge in [-0.3, -0.25) is 4.68 Å². The zero-order valence-electron chi connectivity index (χ0n) is 9.20. The summed E-state index contributed by atoms with van der Waals surface area (Å²) in [6.45, 7) is 0. The van der Waals surface area contributed by atoms with Crippen molar-refractivity contribution >= 4 is 0 Å². The number of rotatable bonds is 3. The monoisotopic (exact) mass is 230 g/mol. The molecule has 6 nitrogen and oxygen atoms in total. The third-order valence-electron chi connectivity index (χ3n) is 2.32. The summed E-state index contributed by atoms with van der Waals surface area (Å²) >= 11 is 0. The first-order chi connectivity index (χ1) is 8.31. The molecule has 0 saturated carbocycles. The lowest BCUT2D eigenvalue weighted by Crippen LogP contribution is -1.87. The van der Waals surface area contributed by atoms with Crippen LogP contribution in [0.5, 0.6) is 0 Å². The van der Waals surface area contributed by atoms with Gasteiger partial charge >= 0.3 is 0 Å². The summed E-state index contributed by atoms with van der Waals surface area (Å²) in [4.78, 5) is 4.25. The number of nitrogens with zero attached hydrogens (tertiary/aromatic N) is 4. The van der Waals surface area contributed by atoms with E-state index in [-0.39, 0.29) is 0 Å². The average Bonchev–Trinajstić information content (AvgIpc) is 3.00. The summed E-state index contributed by atoms with van der Waals surface area (Å²) in [5.74, 6) is 1.62. The van der Waals surface area contributed by atoms with Gasteiger partial charge in [-0.15, -0.1) is 0 Å². The molecule has 0 unspecified atom stereocenters. The molecule has 3 aromatic rings. The van der Waals surface area contributed by atoms with Gasteiger partial charge in [-0.2, -0.15) is 10.1 Å². The first-order valence-electron chi connectivity index (χ1n) is 5.15. The Labute approximate surface area is 96.9 Å². The zero-order chi connectivity index (χ0) is 11.7. The molecular weight excluding hydrogens is 220 g/mol. The minimum atomic E-state index is 0.467. The fourth-order valence-electron chi connectivity index (χ4n) is 1.57. The topological polar surface area (TPSA) is 69.9 Å². The van der Waals surface area contributed by atoms with Crippen LogP contribution in [0.4, 0.5) is 0 Å². The number of furan rings is 1. The molecular formula is C11H10N4O2. The van der Waals surface area contributed by atoms with Crippen LogP contribution in [0, 0.1) is 0 Å². The Balaban J connectivity index is 1.81. The Morgan fingerprint density at radius 1 is 1.41 bits per heavy atom. The first-order valence-corrected chi connectivity index (χ1v) is 5.15. The maximum absolute atomic E-state index is 5.19. The van der Waals surface area contributed by atoms with Gasteiger partial charge in [0.15, 0.2) is 5.76 Å². The van der Waals surface area contributed by atoms with E-state index in [1.807, 2.05) is 13.2 Å². The van der Waals surface area contributed by atoms with Gasteiger partial charge in [-0.05, 0) is 17.7 Å². The van der Waals surface area contributed by atoms with E-state index in [9.17, 15) is 0 Å². The predicted octanol–water partition coefficient (Wildman–Crippen LogP) is 1.65. The Morgan fingerprint density at radius 2 is 2.35 bits per heavy atom. The average molecular weight is 230 g/mol. The van der Waals surface area contributed by atoms with Gasteiger partial charge in [-0.25, -0.2) is 0 Å². The largest absolute Gasteiger partial charge is 0.461 e. The van der Waals surface area contributed by atoms with Gasteiger partial charge in [0.25, 0.3) is 0 Å². The van der Waals surface area contributed by atoms with E-state index in [4.69, 9.17) is 8.94 Å². The molecule has 0 amide bonds. The van der Waals surface area contributed by atoms with Crippen LogP contribution < -0.4 is 0 Å². The van der Waals surface area contributed by atoms with Crippen molar-refractivity contribution in [3.05, 3.63) is 42.2 Å². The number of hydrogen-bond acceptors (Lipinski definition) is 5. The molecule has 6 heteroatoms. The van der Waals surface area contributed by atoms with Crippen LogP contribution in [0.15, 0.2) is 39.7 Å². The quantitative estimate of drug-likeness (QED) is 0.684. The van der Waals surface area contributed by atoms with Gasteiger partial charge in [0, 0.05) is 13.2 Å². The molecule has 0 aliphatic heterocycles. The molecule has 0 N–H and O–H groups in total. The molecule has 0 bridgehead atoms. The van der Waals surface area contributed by atoms with E-state index < -0.39 is 0 Å². The van der Waals surface area contributed by atoms with Crippen LogP contribution >= 0.6 is 0 Å². The molecule has 3 rings (SSSR count). The van der Waals surface area contributed by atoms with Crippen molar-refractivity contribution in [3.63, 3.8) is 0 Å².